The molecule has 3 aromatic heterocycles. The Balaban J connectivity index is 1.10. The molecule has 1 saturated heterocycles. The van der Waals surface area contributed by atoms with Gasteiger partial charge < -0.3 is 4.90 Å². The smallest absolute Gasteiger partial charge is 0.137 e. The average molecular weight is 863 g/mol. The zero-order valence-corrected chi connectivity index (χ0v) is 37.2. The van der Waals surface area contributed by atoms with Gasteiger partial charge in [-0.1, -0.05) is 109 Å². The Hall–Kier alpha value is -7.63. The highest BCUT2D eigenvalue weighted by Gasteiger charge is 2.31. The Bertz CT molecular complexity index is 3930. The molecule has 0 aliphatic carbocycles. The van der Waals surface area contributed by atoms with Crippen LogP contribution in [0.5, 0.6) is 0 Å². The first-order valence-corrected chi connectivity index (χ1v) is 23.3. The number of rotatable bonds is 6. The first-order chi connectivity index (χ1) is 31.9. The van der Waals surface area contributed by atoms with Crippen LogP contribution in [-0.4, -0.2) is 56.5 Å². The third kappa shape index (κ3) is 5.81. The average Bonchev–Trinajstić information content (AvgIpc) is 4.16. The summed E-state index contributed by atoms with van der Waals surface area (Å²) in [6.07, 6.45) is 1.12. The fourth-order valence-corrected chi connectivity index (χ4v) is 11.8. The molecular weight excluding hydrogens is 821 g/mol. The van der Waals surface area contributed by atoms with E-state index in [2.05, 4.69) is 151 Å². The minimum absolute atomic E-state index is 0.412. The standard InChI is InChI=1S/C54H42N10S/c1-31-28-47(53-54(60-63(4)59-53)48(31)44-29-33-13-6-8-15-36(33)38-16-9-10-17-41(38)44)64(45-24-22-37(34-26-27-65-30-34)49-51(45)57-61(2)55-49)46-25-23-43(50-52(46)58-62(3)56-50)40-19-11-18-39-35-14-7-5-12-32(35)20-21-42(39)40/h5-25,28-29,34H,26-27,30H2,1-4H3. The molecule has 11 heteroatoms. The van der Waals surface area contributed by atoms with E-state index in [-0.39, 0.29) is 0 Å². The maximum absolute atomic E-state index is 5.21. The molecule has 12 aromatic rings. The van der Waals surface area contributed by atoms with Gasteiger partial charge >= 0.3 is 0 Å². The molecule has 314 valence electrons. The van der Waals surface area contributed by atoms with Crippen molar-refractivity contribution < 1.29 is 0 Å². The minimum atomic E-state index is 0.412. The van der Waals surface area contributed by atoms with Crippen LogP contribution in [0.3, 0.4) is 0 Å². The van der Waals surface area contributed by atoms with E-state index in [1.807, 2.05) is 32.9 Å². The summed E-state index contributed by atoms with van der Waals surface area (Å²) in [4.78, 5) is 7.38. The van der Waals surface area contributed by atoms with E-state index in [1.54, 1.807) is 14.4 Å². The summed E-state index contributed by atoms with van der Waals surface area (Å²) in [7, 11) is 5.72. The van der Waals surface area contributed by atoms with Gasteiger partial charge in [0.05, 0.1) is 17.1 Å². The lowest BCUT2D eigenvalue weighted by molar-refractivity contribution is 0.663. The largest absolute Gasteiger partial charge is 0.304 e. The molecule has 4 heterocycles. The summed E-state index contributed by atoms with van der Waals surface area (Å²) < 4.78 is 0. The highest BCUT2D eigenvalue weighted by Crippen LogP contribution is 2.49. The van der Waals surface area contributed by atoms with Crippen LogP contribution in [0, 0.1) is 6.92 Å². The Morgan fingerprint density at radius 2 is 1.03 bits per heavy atom. The van der Waals surface area contributed by atoms with Crippen molar-refractivity contribution in [3.63, 3.8) is 0 Å². The fraction of sp³-hybridized carbons (Fsp3) is 0.148. The lowest BCUT2D eigenvalue weighted by atomic mass is 9.90. The Morgan fingerprint density at radius 3 is 1.77 bits per heavy atom. The molecule has 1 unspecified atom stereocenters. The maximum atomic E-state index is 5.21. The molecule has 1 fully saturated rings. The third-order valence-corrected chi connectivity index (χ3v) is 14.6. The number of hydrogen-bond acceptors (Lipinski definition) is 8. The second kappa shape index (κ2) is 14.4. The topological polar surface area (TPSA) is 95.4 Å². The molecule has 1 atom stereocenters. The number of anilines is 3. The number of hydrogen-bond donors (Lipinski definition) is 0. The van der Waals surface area contributed by atoms with Gasteiger partial charge in [-0.05, 0) is 121 Å². The van der Waals surface area contributed by atoms with E-state index < -0.39 is 0 Å². The lowest BCUT2D eigenvalue weighted by Gasteiger charge is -2.27. The molecular formula is C54H42N10S. The zero-order valence-electron chi connectivity index (χ0n) is 36.4. The van der Waals surface area contributed by atoms with Crippen molar-refractivity contribution >= 4 is 105 Å². The minimum Gasteiger partial charge on any atom is -0.304 e. The van der Waals surface area contributed by atoms with Crippen LogP contribution in [0.2, 0.25) is 0 Å². The van der Waals surface area contributed by atoms with Gasteiger partial charge in [0.25, 0.3) is 0 Å². The van der Waals surface area contributed by atoms with Crippen LogP contribution in [-0.2, 0) is 21.1 Å². The Labute approximate surface area is 378 Å². The van der Waals surface area contributed by atoms with Gasteiger partial charge in [-0.15, -0.1) is 0 Å². The summed E-state index contributed by atoms with van der Waals surface area (Å²) in [5.41, 5.74) is 14.1. The second-order valence-electron chi connectivity index (χ2n) is 17.3. The van der Waals surface area contributed by atoms with E-state index >= 15 is 0 Å². The summed E-state index contributed by atoms with van der Waals surface area (Å²) >= 11 is 2.01. The molecule has 65 heavy (non-hydrogen) atoms. The summed E-state index contributed by atoms with van der Waals surface area (Å²) in [5.74, 6) is 2.63. The first kappa shape index (κ1) is 37.9. The van der Waals surface area contributed by atoms with E-state index in [0.29, 0.717) is 5.92 Å². The monoisotopic (exact) mass is 862 g/mol. The molecule has 9 aromatic carbocycles. The van der Waals surface area contributed by atoms with Crippen LogP contribution in [0.1, 0.15) is 23.5 Å². The zero-order chi connectivity index (χ0) is 43.5. The number of aryl methyl sites for hydroxylation is 4. The van der Waals surface area contributed by atoms with Crippen LogP contribution in [0.15, 0.2) is 140 Å². The van der Waals surface area contributed by atoms with Crippen molar-refractivity contribution in [3.05, 3.63) is 151 Å². The quantitative estimate of drug-likeness (QED) is 0.153. The normalized spacial score (nSPS) is 14.4. The SMILES string of the molecule is Cc1cc(N(c2ccc(-c3cccc4c3ccc3ccccc34)c3nn(C)nc23)c2ccc(C3CCSC3)c3nn(C)nc23)c2nn(C)nc2c1-c1cc2ccccc2c2ccccc12. The molecule has 1 aliphatic rings. The van der Waals surface area contributed by atoms with E-state index in [1.165, 1.54) is 48.7 Å². The van der Waals surface area contributed by atoms with Crippen molar-refractivity contribution in [1.82, 2.24) is 45.0 Å². The van der Waals surface area contributed by atoms with Crippen LogP contribution >= 0.6 is 11.8 Å². The third-order valence-electron chi connectivity index (χ3n) is 13.4. The van der Waals surface area contributed by atoms with Crippen molar-refractivity contribution in [3.8, 4) is 22.3 Å². The van der Waals surface area contributed by atoms with Crippen LogP contribution in [0.25, 0.3) is 98.4 Å². The Morgan fingerprint density at radius 1 is 0.462 bits per heavy atom. The summed E-state index contributed by atoms with van der Waals surface area (Å²) in [6.45, 7) is 2.19. The van der Waals surface area contributed by atoms with Gasteiger partial charge in [-0.2, -0.15) is 56.7 Å². The van der Waals surface area contributed by atoms with Gasteiger partial charge in [0.15, 0.2) is 0 Å². The summed E-state index contributed by atoms with van der Waals surface area (Å²) in [6, 6.07) is 50.4. The maximum Gasteiger partial charge on any atom is 0.137 e. The predicted octanol–water partition coefficient (Wildman–Crippen LogP) is 12.5. The predicted molar refractivity (Wildman–Crippen MR) is 268 cm³/mol. The number of thioether (sulfide) groups is 1. The van der Waals surface area contributed by atoms with E-state index in [4.69, 9.17) is 30.6 Å². The van der Waals surface area contributed by atoms with E-state index in [9.17, 15) is 0 Å². The van der Waals surface area contributed by atoms with Crippen molar-refractivity contribution in [2.24, 2.45) is 21.1 Å². The highest BCUT2D eigenvalue weighted by atomic mass is 32.2. The number of aromatic nitrogens is 9. The molecule has 1 aliphatic heterocycles. The molecule has 0 spiro atoms. The first-order valence-electron chi connectivity index (χ1n) is 22.1. The molecule has 0 amide bonds. The molecule has 0 saturated carbocycles. The van der Waals surface area contributed by atoms with Gasteiger partial charge in [-0.25, -0.2) is 0 Å². The molecule has 13 rings (SSSR count). The lowest BCUT2D eigenvalue weighted by Crippen LogP contribution is -2.13. The van der Waals surface area contributed by atoms with Crippen LogP contribution < -0.4 is 4.90 Å². The number of nitrogens with zero attached hydrogens (tertiary/aromatic N) is 10. The van der Waals surface area contributed by atoms with Crippen molar-refractivity contribution in [2.45, 2.75) is 19.3 Å². The highest BCUT2D eigenvalue weighted by molar-refractivity contribution is 7.99. The second-order valence-corrected chi connectivity index (χ2v) is 18.5. The van der Waals surface area contributed by atoms with Gasteiger partial charge in [-0.3, -0.25) is 0 Å². The Kier molecular flexibility index (Phi) is 8.42. The number of fused-ring (bicyclic) bond motifs is 9. The van der Waals surface area contributed by atoms with Gasteiger partial charge in [0.2, 0.25) is 0 Å². The molecule has 0 bridgehead atoms. The van der Waals surface area contributed by atoms with Gasteiger partial charge in [0, 0.05) is 38.0 Å². The number of benzene rings is 9. The van der Waals surface area contributed by atoms with Crippen LogP contribution in [0.4, 0.5) is 17.1 Å². The van der Waals surface area contributed by atoms with Crippen molar-refractivity contribution in [1.29, 1.82) is 0 Å². The van der Waals surface area contributed by atoms with E-state index in [0.717, 1.165) is 95.9 Å². The fourth-order valence-electron chi connectivity index (χ4n) is 10.6. The van der Waals surface area contributed by atoms with Crippen molar-refractivity contribution in [2.75, 3.05) is 16.4 Å². The van der Waals surface area contributed by atoms with Gasteiger partial charge in [0.1, 0.15) is 33.1 Å². The molecule has 10 nitrogen and oxygen atoms in total. The molecule has 0 radical (unpaired) electrons. The molecule has 0 N–H and O–H groups in total. The summed E-state index contributed by atoms with van der Waals surface area (Å²) in [5, 5.41) is 40.5.